The standard InChI is InChI=1S/C17H19FN4O/c1-17(23,14-9-21-22(2)10-14)11-19-8-13-7-15(18)6-12-4-3-5-20-16(12)13/h3-7,9-10,19,23H,8,11H2,1-2H3. The number of benzene rings is 1. The summed E-state index contributed by atoms with van der Waals surface area (Å²) in [5.74, 6) is -0.290. The summed E-state index contributed by atoms with van der Waals surface area (Å²) in [4.78, 5) is 4.32. The number of pyridine rings is 1. The fourth-order valence-electron chi connectivity index (χ4n) is 2.60. The highest BCUT2D eigenvalue weighted by Crippen LogP contribution is 2.20. The molecule has 0 aliphatic rings. The van der Waals surface area contributed by atoms with Crippen molar-refractivity contribution in [3.8, 4) is 0 Å². The van der Waals surface area contributed by atoms with Crippen LogP contribution in [0.4, 0.5) is 4.39 Å². The molecule has 120 valence electrons. The molecule has 0 bridgehead atoms. The fourth-order valence-corrected chi connectivity index (χ4v) is 2.60. The minimum Gasteiger partial charge on any atom is -0.384 e. The molecule has 0 aliphatic carbocycles. The monoisotopic (exact) mass is 314 g/mol. The van der Waals surface area contributed by atoms with E-state index in [-0.39, 0.29) is 5.82 Å². The molecule has 1 aromatic carbocycles. The van der Waals surface area contributed by atoms with Gasteiger partial charge in [0.05, 0.1) is 11.7 Å². The number of nitrogens with one attached hydrogen (secondary N) is 1. The van der Waals surface area contributed by atoms with E-state index in [0.29, 0.717) is 13.1 Å². The molecule has 5 nitrogen and oxygen atoms in total. The number of hydrogen-bond donors (Lipinski definition) is 2. The van der Waals surface area contributed by atoms with Crippen LogP contribution in [0.2, 0.25) is 0 Å². The van der Waals surface area contributed by atoms with Crippen molar-refractivity contribution in [1.82, 2.24) is 20.1 Å². The zero-order valence-corrected chi connectivity index (χ0v) is 13.1. The van der Waals surface area contributed by atoms with Crippen LogP contribution in [-0.4, -0.2) is 26.4 Å². The van der Waals surface area contributed by atoms with Crippen molar-refractivity contribution in [3.05, 3.63) is 59.8 Å². The molecule has 0 aliphatic heterocycles. The highest BCUT2D eigenvalue weighted by Gasteiger charge is 2.24. The van der Waals surface area contributed by atoms with Gasteiger partial charge in [0.15, 0.2) is 0 Å². The Morgan fingerprint density at radius 1 is 1.39 bits per heavy atom. The van der Waals surface area contributed by atoms with E-state index in [0.717, 1.165) is 22.0 Å². The van der Waals surface area contributed by atoms with Crippen LogP contribution >= 0.6 is 0 Å². The first-order chi connectivity index (χ1) is 11.0. The van der Waals surface area contributed by atoms with Gasteiger partial charge in [-0.3, -0.25) is 9.67 Å². The molecule has 0 fully saturated rings. The van der Waals surface area contributed by atoms with Crippen LogP contribution in [0, 0.1) is 5.82 Å². The van der Waals surface area contributed by atoms with Crippen LogP contribution in [-0.2, 0) is 19.2 Å². The number of halogens is 1. The molecule has 0 amide bonds. The zero-order chi connectivity index (χ0) is 16.4. The van der Waals surface area contributed by atoms with Gasteiger partial charge in [0, 0.05) is 43.5 Å². The summed E-state index contributed by atoms with van der Waals surface area (Å²) in [6, 6.07) is 6.56. The van der Waals surface area contributed by atoms with Gasteiger partial charge >= 0.3 is 0 Å². The van der Waals surface area contributed by atoms with Gasteiger partial charge in [-0.25, -0.2) is 4.39 Å². The predicted octanol–water partition coefficient (Wildman–Crippen LogP) is 2.10. The third kappa shape index (κ3) is 3.38. The molecule has 0 saturated carbocycles. The minimum atomic E-state index is -1.05. The number of nitrogens with zero attached hydrogens (tertiary/aromatic N) is 3. The Kier molecular flexibility index (Phi) is 4.11. The third-order valence-electron chi connectivity index (χ3n) is 3.86. The number of rotatable bonds is 5. The summed E-state index contributed by atoms with van der Waals surface area (Å²) in [6.07, 6.45) is 5.11. The predicted molar refractivity (Wildman–Crippen MR) is 86.2 cm³/mol. The first-order valence-electron chi connectivity index (χ1n) is 7.41. The lowest BCUT2D eigenvalue weighted by Crippen LogP contribution is -2.35. The zero-order valence-electron chi connectivity index (χ0n) is 13.1. The summed E-state index contributed by atoms with van der Waals surface area (Å²) >= 11 is 0. The van der Waals surface area contributed by atoms with Gasteiger partial charge in [-0.1, -0.05) is 6.07 Å². The number of hydrogen-bond acceptors (Lipinski definition) is 4. The van der Waals surface area contributed by atoms with Gasteiger partial charge in [0.1, 0.15) is 11.4 Å². The average molecular weight is 314 g/mol. The van der Waals surface area contributed by atoms with Crippen molar-refractivity contribution in [2.45, 2.75) is 19.1 Å². The van der Waals surface area contributed by atoms with E-state index in [9.17, 15) is 9.50 Å². The van der Waals surface area contributed by atoms with Crippen LogP contribution in [0.5, 0.6) is 0 Å². The van der Waals surface area contributed by atoms with Crippen molar-refractivity contribution in [2.75, 3.05) is 6.54 Å². The van der Waals surface area contributed by atoms with E-state index in [1.807, 2.05) is 6.07 Å². The van der Waals surface area contributed by atoms with E-state index < -0.39 is 5.60 Å². The highest BCUT2D eigenvalue weighted by atomic mass is 19.1. The summed E-state index contributed by atoms with van der Waals surface area (Å²) in [7, 11) is 1.80. The van der Waals surface area contributed by atoms with Crippen molar-refractivity contribution in [3.63, 3.8) is 0 Å². The summed E-state index contributed by atoms with van der Waals surface area (Å²) in [5, 5.41) is 18.6. The molecule has 0 spiro atoms. The molecule has 0 saturated heterocycles. The van der Waals surface area contributed by atoms with Gasteiger partial charge in [-0.05, 0) is 30.7 Å². The summed E-state index contributed by atoms with van der Waals surface area (Å²) in [5.41, 5.74) is 1.21. The highest BCUT2D eigenvalue weighted by molar-refractivity contribution is 5.81. The maximum Gasteiger partial charge on any atom is 0.124 e. The molecule has 2 heterocycles. The lowest BCUT2D eigenvalue weighted by Gasteiger charge is -2.22. The first kappa shape index (κ1) is 15.6. The van der Waals surface area contributed by atoms with E-state index >= 15 is 0 Å². The average Bonchev–Trinajstić information content (AvgIpc) is 2.94. The lowest BCUT2D eigenvalue weighted by atomic mass is 9.99. The third-order valence-corrected chi connectivity index (χ3v) is 3.86. The van der Waals surface area contributed by atoms with E-state index in [1.54, 1.807) is 43.3 Å². The molecule has 1 unspecified atom stereocenters. The Bertz CT molecular complexity index is 828. The van der Waals surface area contributed by atoms with Gasteiger partial charge in [0.25, 0.3) is 0 Å². The normalized spacial score (nSPS) is 14.1. The summed E-state index contributed by atoms with van der Waals surface area (Å²) < 4.78 is 15.4. The Balaban J connectivity index is 1.74. The Labute approximate surface area is 133 Å². The Morgan fingerprint density at radius 3 is 2.96 bits per heavy atom. The second-order valence-corrected chi connectivity index (χ2v) is 5.92. The van der Waals surface area contributed by atoms with Crippen LogP contribution < -0.4 is 5.32 Å². The smallest absolute Gasteiger partial charge is 0.124 e. The van der Waals surface area contributed by atoms with Crippen molar-refractivity contribution in [1.29, 1.82) is 0 Å². The van der Waals surface area contributed by atoms with E-state index in [2.05, 4.69) is 15.4 Å². The first-order valence-corrected chi connectivity index (χ1v) is 7.41. The molecule has 0 radical (unpaired) electrons. The van der Waals surface area contributed by atoms with Crippen LogP contribution in [0.1, 0.15) is 18.1 Å². The number of fused-ring (bicyclic) bond motifs is 1. The van der Waals surface area contributed by atoms with Gasteiger partial charge in [0.2, 0.25) is 0 Å². The number of aromatic nitrogens is 3. The molecule has 23 heavy (non-hydrogen) atoms. The molecular formula is C17H19FN4O. The maximum absolute atomic E-state index is 13.7. The SMILES string of the molecule is Cn1cc(C(C)(O)CNCc2cc(F)cc3cccnc23)cn1. The Morgan fingerprint density at radius 2 is 2.22 bits per heavy atom. The van der Waals surface area contributed by atoms with Crippen LogP contribution in [0.3, 0.4) is 0 Å². The fraction of sp³-hybridized carbons (Fsp3) is 0.294. The van der Waals surface area contributed by atoms with Crippen molar-refractivity contribution < 1.29 is 9.50 Å². The van der Waals surface area contributed by atoms with Gasteiger partial charge < -0.3 is 10.4 Å². The summed E-state index contributed by atoms with van der Waals surface area (Å²) in [6.45, 7) is 2.46. The molecule has 6 heteroatoms. The van der Waals surface area contributed by atoms with E-state index in [4.69, 9.17) is 0 Å². The van der Waals surface area contributed by atoms with Crippen LogP contribution in [0.15, 0.2) is 42.9 Å². The molecule has 2 N–H and O–H groups in total. The number of aliphatic hydroxyl groups is 1. The maximum atomic E-state index is 13.7. The van der Waals surface area contributed by atoms with Crippen molar-refractivity contribution >= 4 is 10.9 Å². The lowest BCUT2D eigenvalue weighted by molar-refractivity contribution is 0.0566. The topological polar surface area (TPSA) is 63.0 Å². The molecule has 1 atom stereocenters. The second kappa shape index (κ2) is 6.06. The molecular weight excluding hydrogens is 295 g/mol. The van der Waals surface area contributed by atoms with Crippen molar-refractivity contribution in [2.24, 2.45) is 7.05 Å². The second-order valence-electron chi connectivity index (χ2n) is 5.92. The quantitative estimate of drug-likeness (QED) is 0.757. The molecule has 3 rings (SSSR count). The van der Waals surface area contributed by atoms with Gasteiger partial charge in [-0.2, -0.15) is 5.10 Å². The van der Waals surface area contributed by atoms with Gasteiger partial charge in [-0.15, -0.1) is 0 Å². The minimum absolute atomic E-state index is 0.290. The van der Waals surface area contributed by atoms with E-state index in [1.165, 1.54) is 12.1 Å². The Hall–Kier alpha value is -2.31. The molecule has 2 aromatic heterocycles. The van der Waals surface area contributed by atoms with Crippen LogP contribution in [0.25, 0.3) is 10.9 Å². The largest absolute Gasteiger partial charge is 0.384 e. The number of aryl methyl sites for hydroxylation is 1. The molecule has 3 aromatic rings.